The van der Waals surface area contributed by atoms with Crippen LogP contribution in [-0.2, 0) is 17.9 Å². The lowest BCUT2D eigenvalue weighted by Gasteiger charge is -2.16. The Morgan fingerprint density at radius 3 is 2.26 bits per heavy atom. The molecule has 3 nitrogen and oxygen atoms in total. The summed E-state index contributed by atoms with van der Waals surface area (Å²) >= 11 is 0. The average Bonchev–Trinajstić information content (AvgIpc) is 2.44. The summed E-state index contributed by atoms with van der Waals surface area (Å²) < 4.78 is 0. The SMILES string of the molecule is CCCC(CCC)C(=O)NCc1ccccc1CN. The minimum atomic E-state index is 0.153. The third kappa shape index (κ3) is 5.03. The van der Waals surface area contributed by atoms with Gasteiger partial charge in [-0.15, -0.1) is 0 Å². The van der Waals surface area contributed by atoms with Gasteiger partial charge in [0, 0.05) is 19.0 Å². The van der Waals surface area contributed by atoms with Gasteiger partial charge in [-0.1, -0.05) is 51.0 Å². The van der Waals surface area contributed by atoms with Crippen LogP contribution in [0.4, 0.5) is 0 Å². The van der Waals surface area contributed by atoms with E-state index in [1.165, 1.54) is 0 Å². The van der Waals surface area contributed by atoms with Gasteiger partial charge in [-0.05, 0) is 24.0 Å². The molecule has 0 heterocycles. The largest absolute Gasteiger partial charge is 0.352 e. The Morgan fingerprint density at radius 1 is 1.16 bits per heavy atom. The first kappa shape index (κ1) is 15.7. The molecule has 1 aromatic rings. The predicted molar refractivity (Wildman–Crippen MR) is 79.5 cm³/mol. The number of rotatable bonds is 8. The van der Waals surface area contributed by atoms with Crippen molar-refractivity contribution in [2.24, 2.45) is 11.7 Å². The zero-order valence-corrected chi connectivity index (χ0v) is 12.1. The molecule has 1 rings (SSSR count). The minimum absolute atomic E-state index is 0.153. The molecule has 0 aliphatic carbocycles. The lowest BCUT2D eigenvalue weighted by molar-refractivity contribution is -0.125. The molecule has 0 aliphatic heterocycles. The smallest absolute Gasteiger partial charge is 0.223 e. The van der Waals surface area contributed by atoms with Crippen LogP contribution < -0.4 is 11.1 Å². The van der Waals surface area contributed by atoms with Crippen LogP contribution in [0, 0.1) is 5.92 Å². The fourth-order valence-electron chi connectivity index (χ4n) is 2.36. The molecule has 0 bridgehead atoms. The molecule has 0 atom stereocenters. The standard InChI is InChI=1S/C16H26N2O/c1-3-7-13(8-4-2)16(19)18-12-15-10-6-5-9-14(15)11-17/h5-6,9-10,13H,3-4,7-8,11-12,17H2,1-2H3,(H,18,19). The van der Waals surface area contributed by atoms with Crippen molar-refractivity contribution in [2.45, 2.75) is 52.6 Å². The second kappa shape index (κ2) is 8.70. The summed E-state index contributed by atoms with van der Waals surface area (Å²) in [5.41, 5.74) is 7.92. The van der Waals surface area contributed by atoms with Gasteiger partial charge in [0.15, 0.2) is 0 Å². The van der Waals surface area contributed by atoms with E-state index in [0.717, 1.165) is 36.8 Å². The average molecular weight is 262 g/mol. The summed E-state index contributed by atoms with van der Waals surface area (Å²) in [7, 11) is 0. The molecule has 0 aromatic heterocycles. The Labute approximate surface area is 116 Å². The van der Waals surface area contributed by atoms with Crippen LogP contribution in [0.3, 0.4) is 0 Å². The molecular weight excluding hydrogens is 236 g/mol. The molecular formula is C16H26N2O. The summed E-state index contributed by atoms with van der Waals surface area (Å²) in [6.45, 7) is 5.34. The number of hydrogen-bond acceptors (Lipinski definition) is 2. The van der Waals surface area contributed by atoms with Gasteiger partial charge in [0.25, 0.3) is 0 Å². The zero-order valence-electron chi connectivity index (χ0n) is 12.1. The maximum atomic E-state index is 12.2. The van der Waals surface area contributed by atoms with Gasteiger partial charge in [-0.25, -0.2) is 0 Å². The molecule has 0 radical (unpaired) electrons. The molecule has 19 heavy (non-hydrogen) atoms. The van der Waals surface area contributed by atoms with E-state index < -0.39 is 0 Å². The van der Waals surface area contributed by atoms with Crippen LogP contribution in [-0.4, -0.2) is 5.91 Å². The van der Waals surface area contributed by atoms with E-state index in [2.05, 4.69) is 19.2 Å². The first-order valence-electron chi connectivity index (χ1n) is 7.27. The van der Waals surface area contributed by atoms with Crippen LogP contribution in [0.15, 0.2) is 24.3 Å². The van der Waals surface area contributed by atoms with Gasteiger partial charge in [-0.3, -0.25) is 4.79 Å². The topological polar surface area (TPSA) is 55.1 Å². The van der Waals surface area contributed by atoms with Crippen molar-refractivity contribution >= 4 is 5.91 Å². The Hall–Kier alpha value is -1.35. The molecule has 1 aromatic carbocycles. The van der Waals surface area contributed by atoms with E-state index in [4.69, 9.17) is 5.73 Å². The van der Waals surface area contributed by atoms with Gasteiger partial charge in [0.05, 0.1) is 0 Å². The fraction of sp³-hybridized carbons (Fsp3) is 0.562. The highest BCUT2D eigenvalue weighted by Gasteiger charge is 2.16. The number of benzene rings is 1. The van der Waals surface area contributed by atoms with Crippen molar-refractivity contribution in [3.05, 3.63) is 35.4 Å². The summed E-state index contributed by atoms with van der Waals surface area (Å²) in [5.74, 6) is 0.329. The van der Waals surface area contributed by atoms with E-state index >= 15 is 0 Å². The van der Waals surface area contributed by atoms with Crippen LogP contribution in [0.25, 0.3) is 0 Å². The summed E-state index contributed by atoms with van der Waals surface area (Å²) in [5, 5.41) is 3.05. The van der Waals surface area contributed by atoms with Crippen LogP contribution in [0.5, 0.6) is 0 Å². The highest BCUT2D eigenvalue weighted by Crippen LogP contribution is 2.14. The molecule has 106 valence electrons. The van der Waals surface area contributed by atoms with Crippen molar-refractivity contribution < 1.29 is 4.79 Å². The second-order valence-corrected chi connectivity index (χ2v) is 4.96. The number of carbonyl (C=O) groups is 1. The summed E-state index contributed by atoms with van der Waals surface area (Å²) in [6.07, 6.45) is 4.05. The Morgan fingerprint density at radius 2 is 1.74 bits per heavy atom. The quantitative estimate of drug-likeness (QED) is 0.756. The lowest BCUT2D eigenvalue weighted by atomic mass is 9.97. The maximum Gasteiger partial charge on any atom is 0.223 e. The van der Waals surface area contributed by atoms with Gasteiger partial charge in [0.1, 0.15) is 0 Å². The van der Waals surface area contributed by atoms with Gasteiger partial charge in [0.2, 0.25) is 5.91 Å². The molecule has 3 heteroatoms. The maximum absolute atomic E-state index is 12.2. The lowest BCUT2D eigenvalue weighted by Crippen LogP contribution is -2.30. The van der Waals surface area contributed by atoms with Crippen LogP contribution in [0.1, 0.15) is 50.7 Å². The minimum Gasteiger partial charge on any atom is -0.352 e. The van der Waals surface area contributed by atoms with Crippen molar-refractivity contribution in [3.8, 4) is 0 Å². The predicted octanol–water partition coefficient (Wildman–Crippen LogP) is 2.98. The Bertz CT molecular complexity index is 384. The van der Waals surface area contributed by atoms with Crippen molar-refractivity contribution in [1.82, 2.24) is 5.32 Å². The number of carbonyl (C=O) groups excluding carboxylic acids is 1. The van der Waals surface area contributed by atoms with Gasteiger partial charge >= 0.3 is 0 Å². The molecule has 0 saturated heterocycles. The van der Waals surface area contributed by atoms with Crippen molar-refractivity contribution in [3.63, 3.8) is 0 Å². The van der Waals surface area contributed by atoms with E-state index in [0.29, 0.717) is 13.1 Å². The molecule has 3 N–H and O–H groups in total. The van der Waals surface area contributed by atoms with Crippen LogP contribution in [0.2, 0.25) is 0 Å². The number of nitrogens with two attached hydrogens (primary N) is 1. The van der Waals surface area contributed by atoms with Gasteiger partial charge in [-0.2, -0.15) is 0 Å². The second-order valence-electron chi connectivity index (χ2n) is 4.96. The zero-order chi connectivity index (χ0) is 14.1. The van der Waals surface area contributed by atoms with Crippen molar-refractivity contribution in [2.75, 3.05) is 0 Å². The number of nitrogens with one attached hydrogen (secondary N) is 1. The molecule has 0 saturated carbocycles. The third-order valence-electron chi connectivity index (χ3n) is 3.44. The number of hydrogen-bond donors (Lipinski definition) is 2. The Kier molecular flexibility index (Phi) is 7.19. The molecule has 0 unspecified atom stereocenters. The Balaban J connectivity index is 2.56. The summed E-state index contributed by atoms with van der Waals surface area (Å²) in [4.78, 5) is 12.2. The monoisotopic (exact) mass is 262 g/mol. The number of amides is 1. The first-order chi connectivity index (χ1) is 9.22. The normalized spacial score (nSPS) is 10.7. The van der Waals surface area contributed by atoms with E-state index in [9.17, 15) is 4.79 Å². The van der Waals surface area contributed by atoms with E-state index in [1.54, 1.807) is 0 Å². The van der Waals surface area contributed by atoms with Crippen molar-refractivity contribution in [1.29, 1.82) is 0 Å². The van der Waals surface area contributed by atoms with Gasteiger partial charge < -0.3 is 11.1 Å². The van der Waals surface area contributed by atoms with E-state index in [1.807, 2.05) is 24.3 Å². The molecule has 0 fully saturated rings. The molecule has 0 aliphatic rings. The first-order valence-corrected chi connectivity index (χ1v) is 7.27. The fourth-order valence-corrected chi connectivity index (χ4v) is 2.36. The van der Waals surface area contributed by atoms with Crippen LogP contribution >= 0.6 is 0 Å². The molecule has 1 amide bonds. The summed E-state index contributed by atoms with van der Waals surface area (Å²) in [6, 6.07) is 7.99. The highest BCUT2D eigenvalue weighted by atomic mass is 16.1. The highest BCUT2D eigenvalue weighted by molar-refractivity contribution is 5.78. The third-order valence-corrected chi connectivity index (χ3v) is 3.44. The van der Waals surface area contributed by atoms with E-state index in [-0.39, 0.29) is 11.8 Å². The molecule has 0 spiro atoms.